The molecule has 2 heterocycles. The summed E-state index contributed by atoms with van der Waals surface area (Å²) in [5.41, 5.74) is 2.98. The maximum Gasteiger partial charge on any atom is 0.190 e. The van der Waals surface area contributed by atoms with Crippen molar-refractivity contribution in [2.75, 3.05) is 5.32 Å². The first-order valence-corrected chi connectivity index (χ1v) is 8.18. The molecular weight excluding hydrogens is 294 g/mol. The average molecular weight is 315 g/mol. The Balaban J connectivity index is 2.48. The number of hydrogen-bond acceptors (Lipinski definition) is 4. The number of allylic oxidation sites excluding steroid dienone is 2. The highest BCUT2D eigenvalue weighted by Gasteiger charge is 2.10. The van der Waals surface area contributed by atoms with Crippen LogP contribution in [0.4, 0.5) is 5.13 Å². The number of rotatable bonds is 5. The number of pyridine rings is 1. The SMILES string of the molecule is C/C=C\c1[nH]c(-c2csc(NC(C)C)n2)cc(=O)c1/C=C\C. The minimum absolute atomic E-state index is 0.00804. The molecule has 0 bridgehead atoms. The number of hydrogen-bond donors (Lipinski definition) is 2. The van der Waals surface area contributed by atoms with Crippen molar-refractivity contribution >= 4 is 28.6 Å². The monoisotopic (exact) mass is 315 g/mol. The predicted molar refractivity (Wildman–Crippen MR) is 96.3 cm³/mol. The Morgan fingerprint density at radius 3 is 2.64 bits per heavy atom. The average Bonchev–Trinajstić information content (AvgIpc) is 2.90. The molecule has 2 aromatic rings. The summed E-state index contributed by atoms with van der Waals surface area (Å²) in [7, 11) is 0. The second kappa shape index (κ2) is 7.22. The van der Waals surface area contributed by atoms with Crippen LogP contribution in [0.1, 0.15) is 39.0 Å². The van der Waals surface area contributed by atoms with Gasteiger partial charge in [0.05, 0.1) is 11.4 Å². The first kappa shape index (κ1) is 16.2. The van der Waals surface area contributed by atoms with Gasteiger partial charge in [0.25, 0.3) is 0 Å². The molecule has 0 aromatic carbocycles. The van der Waals surface area contributed by atoms with Crippen molar-refractivity contribution in [2.24, 2.45) is 0 Å². The third-order valence-electron chi connectivity index (χ3n) is 2.96. The fourth-order valence-electron chi connectivity index (χ4n) is 2.08. The Kier molecular flexibility index (Phi) is 5.33. The normalized spacial score (nSPS) is 11.9. The summed E-state index contributed by atoms with van der Waals surface area (Å²) < 4.78 is 0. The third kappa shape index (κ3) is 3.74. The van der Waals surface area contributed by atoms with Crippen LogP contribution in [-0.2, 0) is 0 Å². The number of aromatic amines is 1. The molecule has 2 N–H and O–H groups in total. The lowest BCUT2D eigenvalue weighted by Gasteiger charge is -2.06. The van der Waals surface area contributed by atoms with Gasteiger partial charge >= 0.3 is 0 Å². The van der Waals surface area contributed by atoms with E-state index in [0.717, 1.165) is 22.2 Å². The van der Waals surface area contributed by atoms with Gasteiger partial charge in [-0.05, 0) is 33.8 Å². The molecule has 2 aromatic heterocycles. The Morgan fingerprint density at radius 1 is 1.27 bits per heavy atom. The Bertz CT molecular complexity index is 754. The number of nitrogens with zero attached hydrogens (tertiary/aromatic N) is 1. The van der Waals surface area contributed by atoms with E-state index in [2.05, 4.69) is 29.1 Å². The Labute approximate surface area is 134 Å². The molecule has 0 aliphatic carbocycles. The van der Waals surface area contributed by atoms with Gasteiger partial charge in [-0.3, -0.25) is 4.79 Å². The van der Waals surface area contributed by atoms with Crippen LogP contribution in [0.3, 0.4) is 0 Å². The minimum Gasteiger partial charge on any atom is -0.359 e. The first-order valence-electron chi connectivity index (χ1n) is 7.30. The fourth-order valence-corrected chi connectivity index (χ4v) is 2.93. The van der Waals surface area contributed by atoms with Crippen LogP contribution in [0.2, 0.25) is 0 Å². The van der Waals surface area contributed by atoms with Gasteiger partial charge in [0, 0.05) is 28.7 Å². The zero-order valence-corrected chi connectivity index (χ0v) is 14.1. The minimum atomic E-state index is -0.00804. The molecule has 0 aliphatic rings. The van der Waals surface area contributed by atoms with Gasteiger partial charge in [-0.25, -0.2) is 4.98 Å². The van der Waals surface area contributed by atoms with E-state index < -0.39 is 0 Å². The highest BCUT2D eigenvalue weighted by molar-refractivity contribution is 7.14. The van der Waals surface area contributed by atoms with Gasteiger partial charge in [0.2, 0.25) is 0 Å². The summed E-state index contributed by atoms with van der Waals surface area (Å²) in [6, 6.07) is 1.94. The molecule has 2 rings (SSSR count). The van der Waals surface area contributed by atoms with Crippen LogP contribution in [-0.4, -0.2) is 16.0 Å². The van der Waals surface area contributed by atoms with Crippen LogP contribution in [0.15, 0.2) is 28.4 Å². The van der Waals surface area contributed by atoms with E-state index >= 15 is 0 Å². The lowest BCUT2D eigenvalue weighted by Crippen LogP contribution is -2.10. The van der Waals surface area contributed by atoms with E-state index in [1.54, 1.807) is 6.07 Å². The summed E-state index contributed by atoms with van der Waals surface area (Å²) in [5, 5.41) is 6.08. The van der Waals surface area contributed by atoms with Crippen LogP contribution in [0.25, 0.3) is 23.5 Å². The van der Waals surface area contributed by atoms with Gasteiger partial charge in [-0.2, -0.15) is 0 Å². The quantitative estimate of drug-likeness (QED) is 0.860. The predicted octanol–water partition coefficient (Wildman–Crippen LogP) is 4.38. The molecule has 0 amide bonds. The molecule has 0 saturated carbocycles. The number of thiazole rings is 1. The van der Waals surface area contributed by atoms with Gasteiger partial charge in [0.15, 0.2) is 10.6 Å². The summed E-state index contributed by atoms with van der Waals surface area (Å²) in [4.78, 5) is 20.2. The van der Waals surface area contributed by atoms with Crippen molar-refractivity contribution in [3.05, 3.63) is 45.1 Å². The van der Waals surface area contributed by atoms with Crippen molar-refractivity contribution in [3.8, 4) is 11.4 Å². The number of H-pyrrole nitrogens is 1. The summed E-state index contributed by atoms with van der Waals surface area (Å²) in [6.07, 6.45) is 7.50. The molecule has 0 spiro atoms. The highest BCUT2D eigenvalue weighted by atomic mass is 32.1. The summed E-state index contributed by atoms with van der Waals surface area (Å²) in [6.45, 7) is 7.97. The van der Waals surface area contributed by atoms with Crippen molar-refractivity contribution in [1.82, 2.24) is 9.97 Å². The van der Waals surface area contributed by atoms with E-state index in [9.17, 15) is 4.79 Å². The molecule has 5 heteroatoms. The molecule has 0 atom stereocenters. The second-order valence-electron chi connectivity index (χ2n) is 5.21. The summed E-state index contributed by atoms with van der Waals surface area (Å²) in [5.74, 6) is 0. The van der Waals surface area contributed by atoms with Crippen molar-refractivity contribution in [1.29, 1.82) is 0 Å². The second-order valence-corrected chi connectivity index (χ2v) is 6.07. The van der Waals surface area contributed by atoms with Crippen LogP contribution >= 0.6 is 11.3 Å². The largest absolute Gasteiger partial charge is 0.359 e. The highest BCUT2D eigenvalue weighted by Crippen LogP contribution is 2.24. The van der Waals surface area contributed by atoms with Gasteiger partial charge in [-0.15, -0.1) is 11.3 Å². The van der Waals surface area contributed by atoms with Gasteiger partial charge in [-0.1, -0.05) is 18.2 Å². The number of anilines is 1. The molecular formula is C17H21N3OS. The van der Waals surface area contributed by atoms with Crippen molar-refractivity contribution in [3.63, 3.8) is 0 Å². The molecule has 0 radical (unpaired) electrons. The molecule has 0 unspecified atom stereocenters. The van der Waals surface area contributed by atoms with Gasteiger partial charge in [0.1, 0.15) is 0 Å². The van der Waals surface area contributed by atoms with Crippen LogP contribution < -0.4 is 10.7 Å². The number of aromatic nitrogens is 2. The molecule has 22 heavy (non-hydrogen) atoms. The molecule has 0 saturated heterocycles. The maximum absolute atomic E-state index is 12.3. The van der Waals surface area contributed by atoms with Crippen molar-refractivity contribution < 1.29 is 0 Å². The zero-order valence-electron chi connectivity index (χ0n) is 13.3. The third-order valence-corrected chi connectivity index (χ3v) is 3.73. The standard InChI is InChI=1S/C17H21N3OS/c1-5-7-12-13(8-6-2)19-14(9-16(12)21)15-10-22-17(20-15)18-11(3)4/h5-11H,1-4H3,(H,18,20)(H,19,21)/b7-5-,8-6-. The lowest BCUT2D eigenvalue weighted by atomic mass is 10.1. The van der Waals surface area contributed by atoms with Crippen LogP contribution in [0.5, 0.6) is 0 Å². The van der Waals surface area contributed by atoms with E-state index in [1.165, 1.54) is 11.3 Å². The Morgan fingerprint density at radius 2 is 2.00 bits per heavy atom. The number of nitrogens with one attached hydrogen (secondary N) is 2. The van der Waals surface area contributed by atoms with Crippen molar-refractivity contribution in [2.45, 2.75) is 33.7 Å². The fraction of sp³-hybridized carbons (Fsp3) is 0.294. The van der Waals surface area contributed by atoms with E-state index in [4.69, 9.17) is 0 Å². The topological polar surface area (TPSA) is 57.8 Å². The summed E-state index contributed by atoms with van der Waals surface area (Å²) >= 11 is 1.54. The van der Waals surface area contributed by atoms with Gasteiger partial charge < -0.3 is 10.3 Å². The van der Waals surface area contributed by atoms with E-state index in [-0.39, 0.29) is 5.43 Å². The lowest BCUT2D eigenvalue weighted by molar-refractivity contribution is 0.896. The molecule has 4 nitrogen and oxygen atoms in total. The zero-order chi connectivity index (χ0) is 16.1. The molecule has 0 fully saturated rings. The first-order chi connectivity index (χ1) is 10.5. The smallest absolute Gasteiger partial charge is 0.190 e. The molecule has 0 aliphatic heterocycles. The Hall–Kier alpha value is -2.14. The maximum atomic E-state index is 12.3. The van der Waals surface area contributed by atoms with Crippen LogP contribution in [0, 0.1) is 0 Å². The van der Waals surface area contributed by atoms with E-state index in [0.29, 0.717) is 11.6 Å². The molecule has 116 valence electrons. The van der Waals surface area contributed by atoms with E-state index in [1.807, 2.05) is 43.5 Å².